The summed E-state index contributed by atoms with van der Waals surface area (Å²) >= 11 is 0. The van der Waals surface area contributed by atoms with Crippen LogP contribution in [0, 0.1) is 5.92 Å². The lowest BCUT2D eigenvalue weighted by molar-refractivity contribution is 0.696. The summed E-state index contributed by atoms with van der Waals surface area (Å²) in [5.41, 5.74) is 3.11. The minimum Gasteiger partial charge on any atom is -0.353 e. The van der Waals surface area contributed by atoms with Crippen molar-refractivity contribution in [3.05, 3.63) is 35.4 Å². The molecular weight excluding hydrogens is 210 g/mol. The predicted molar refractivity (Wildman–Crippen MR) is 68.2 cm³/mol. The molecule has 1 saturated carbocycles. The molecule has 3 heteroatoms. The van der Waals surface area contributed by atoms with E-state index in [9.17, 15) is 0 Å². The molecule has 1 fully saturated rings. The van der Waals surface area contributed by atoms with Crippen LogP contribution in [0.5, 0.6) is 0 Å². The van der Waals surface area contributed by atoms with Crippen molar-refractivity contribution in [1.29, 1.82) is 0 Å². The molecule has 0 aromatic heterocycles. The zero-order chi connectivity index (χ0) is 11.4. The molecule has 3 nitrogen and oxygen atoms in total. The molecule has 1 heterocycles. The van der Waals surface area contributed by atoms with Gasteiger partial charge in [0.05, 0.1) is 6.54 Å². The molecule has 88 valence electrons. The first-order valence-corrected chi connectivity index (χ1v) is 6.48. The van der Waals surface area contributed by atoms with Crippen LogP contribution in [0.25, 0.3) is 0 Å². The summed E-state index contributed by atoms with van der Waals surface area (Å²) in [4.78, 5) is 4.47. The first-order chi connectivity index (χ1) is 8.33. The highest BCUT2D eigenvalue weighted by Gasteiger charge is 2.56. The van der Waals surface area contributed by atoms with E-state index in [0.717, 1.165) is 24.3 Å². The van der Waals surface area contributed by atoms with Crippen LogP contribution in [0.15, 0.2) is 29.3 Å². The summed E-state index contributed by atoms with van der Waals surface area (Å²) in [6.07, 6.45) is 1.24. The van der Waals surface area contributed by atoms with Crippen molar-refractivity contribution in [3.8, 4) is 0 Å². The summed E-state index contributed by atoms with van der Waals surface area (Å²) < 4.78 is 0. The molecule has 3 aliphatic rings. The molecule has 2 aliphatic carbocycles. The number of benzene rings is 1. The minimum atomic E-state index is 0.489. The standard InChI is InChI=1S/C14H17N3/c1-8-7-15-14(16-8)17-13-11-6-9-4-2-3-5-10(9)12(11)13/h2-5,8,11-13H,6-7H2,1H3,(H2,15,16,17). The molecule has 0 bridgehead atoms. The average Bonchev–Trinajstić information content (AvgIpc) is 2.72. The van der Waals surface area contributed by atoms with Gasteiger partial charge in [-0.15, -0.1) is 0 Å². The highest BCUT2D eigenvalue weighted by molar-refractivity contribution is 5.82. The topological polar surface area (TPSA) is 36.4 Å². The van der Waals surface area contributed by atoms with Gasteiger partial charge >= 0.3 is 0 Å². The quantitative estimate of drug-likeness (QED) is 0.758. The normalized spacial score (nSPS) is 36.9. The Bertz CT molecular complexity index is 494. The first-order valence-electron chi connectivity index (χ1n) is 6.48. The Morgan fingerprint density at radius 2 is 2.24 bits per heavy atom. The van der Waals surface area contributed by atoms with Crippen molar-refractivity contribution >= 4 is 5.96 Å². The molecule has 0 spiro atoms. The average molecular weight is 227 g/mol. The molecule has 1 aliphatic heterocycles. The van der Waals surface area contributed by atoms with Crippen LogP contribution in [-0.2, 0) is 6.42 Å². The van der Waals surface area contributed by atoms with Crippen molar-refractivity contribution in [3.63, 3.8) is 0 Å². The number of nitrogens with zero attached hydrogens (tertiary/aromatic N) is 1. The van der Waals surface area contributed by atoms with Crippen molar-refractivity contribution in [2.24, 2.45) is 10.9 Å². The molecule has 4 rings (SSSR count). The summed E-state index contributed by atoms with van der Waals surface area (Å²) in [5, 5.41) is 6.94. The Balaban J connectivity index is 1.49. The van der Waals surface area contributed by atoms with Crippen LogP contribution >= 0.6 is 0 Å². The number of hydrogen-bond donors (Lipinski definition) is 2. The summed E-state index contributed by atoms with van der Waals surface area (Å²) in [5.74, 6) is 2.54. The third kappa shape index (κ3) is 1.38. The number of fused-ring (bicyclic) bond motifs is 3. The van der Waals surface area contributed by atoms with E-state index in [-0.39, 0.29) is 0 Å². The van der Waals surface area contributed by atoms with Gasteiger partial charge in [0.15, 0.2) is 5.96 Å². The predicted octanol–water partition coefficient (Wildman–Crippen LogP) is 1.26. The lowest BCUT2D eigenvalue weighted by atomic mass is 10.1. The molecule has 17 heavy (non-hydrogen) atoms. The van der Waals surface area contributed by atoms with Gasteiger partial charge in [0, 0.05) is 18.0 Å². The van der Waals surface area contributed by atoms with Gasteiger partial charge < -0.3 is 10.6 Å². The van der Waals surface area contributed by atoms with Gasteiger partial charge in [-0.1, -0.05) is 24.3 Å². The van der Waals surface area contributed by atoms with Gasteiger partial charge in [0.25, 0.3) is 0 Å². The molecule has 0 amide bonds. The van der Waals surface area contributed by atoms with Gasteiger partial charge in [-0.2, -0.15) is 0 Å². The molecule has 4 unspecified atom stereocenters. The lowest BCUT2D eigenvalue weighted by Gasteiger charge is -2.11. The molecule has 4 atom stereocenters. The van der Waals surface area contributed by atoms with Crippen LogP contribution in [-0.4, -0.2) is 24.6 Å². The van der Waals surface area contributed by atoms with E-state index < -0.39 is 0 Å². The molecule has 0 radical (unpaired) electrons. The maximum absolute atomic E-state index is 4.47. The second-order valence-corrected chi connectivity index (χ2v) is 5.50. The van der Waals surface area contributed by atoms with E-state index in [2.05, 4.69) is 46.8 Å². The molecule has 0 saturated heterocycles. The van der Waals surface area contributed by atoms with E-state index in [1.54, 1.807) is 11.1 Å². The molecular formula is C14H17N3. The monoisotopic (exact) mass is 227 g/mol. The number of hydrogen-bond acceptors (Lipinski definition) is 3. The zero-order valence-electron chi connectivity index (χ0n) is 9.98. The van der Waals surface area contributed by atoms with Gasteiger partial charge in [-0.3, -0.25) is 4.99 Å². The van der Waals surface area contributed by atoms with Crippen molar-refractivity contribution in [2.75, 3.05) is 6.54 Å². The highest BCUT2D eigenvalue weighted by Crippen LogP contribution is 2.56. The molecule has 1 aromatic rings. The van der Waals surface area contributed by atoms with Crippen molar-refractivity contribution in [1.82, 2.24) is 10.6 Å². The maximum Gasteiger partial charge on any atom is 0.191 e. The Hall–Kier alpha value is -1.51. The lowest BCUT2D eigenvalue weighted by Crippen LogP contribution is -2.40. The second-order valence-electron chi connectivity index (χ2n) is 5.50. The van der Waals surface area contributed by atoms with Crippen molar-refractivity contribution in [2.45, 2.75) is 31.3 Å². The molecule has 1 aromatic carbocycles. The fraction of sp³-hybridized carbons (Fsp3) is 0.500. The van der Waals surface area contributed by atoms with Gasteiger partial charge in [0.2, 0.25) is 0 Å². The molecule has 2 N–H and O–H groups in total. The Kier molecular flexibility index (Phi) is 1.82. The fourth-order valence-corrected chi connectivity index (χ4v) is 3.35. The Morgan fingerprint density at radius 1 is 1.35 bits per heavy atom. The summed E-state index contributed by atoms with van der Waals surface area (Å²) in [6.45, 7) is 3.07. The Morgan fingerprint density at radius 3 is 3.06 bits per heavy atom. The van der Waals surface area contributed by atoms with E-state index in [1.807, 2.05) is 0 Å². The van der Waals surface area contributed by atoms with Crippen LogP contribution in [0.2, 0.25) is 0 Å². The van der Waals surface area contributed by atoms with Crippen LogP contribution < -0.4 is 10.6 Å². The highest BCUT2D eigenvalue weighted by atomic mass is 15.3. The van der Waals surface area contributed by atoms with E-state index in [1.165, 1.54) is 6.42 Å². The SMILES string of the molecule is CC1CN=C(NC2C3Cc4ccccc4C32)N1. The third-order valence-electron chi connectivity index (χ3n) is 4.25. The smallest absolute Gasteiger partial charge is 0.191 e. The van der Waals surface area contributed by atoms with Crippen LogP contribution in [0.3, 0.4) is 0 Å². The third-order valence-corrected chi connectivity index (χ3v) is 4.25. The largest absolute Gasteiger partial charge is 0.353 e. The first kappa shape index (κ1) is 9.51. The minimum absolute atomic E-state index is 0.489. The second kappa shape index (κ2) is 3.25. The number of guanidine groups is 1. The summed E-state index contributed by atoms with van der Waals surface area (Å²) in [6, 6.07) is 9.96. The van der Waals surface area contributed by atoms with Gasteiger partial charge in [-0.25, -0.2) is 0 Å². The number of rotatable bonds is 1. The van der Waals surface area contributed by atoms with Crippen LogP contribution in [0.1, 0.15) is 24.0 Å². The summed E-state index contributed by atoms with van der Waals surface area (Å²) in [7, 11) is 0. The van der Waals surface area contributed by atoms with E-state index in [4.69, 9.17) is 0 Å². The van der Waals surface area contributed by atoms with Gasteiger partial charge in [0.1, 0.15) is 0 Å². The number of nitrogens with one attached hydrogen (secondary N) is 2. The Labute approximate surface area is 101 Å². The fourth-order valence-electron chi connectivity index (χ4n) is 3.35. The number of aliphatic imine (C=N–C) groups is 1. The van der Waals surface area contributed by atoms with Crippen LogP contribution in [0.4, 0.5) is 0 Å². The van der Waals surface area contributed by atoms with Crippen molar-refractivity contribution < 1.29 is 0 Å². The van der Waals surface area contributed by atoms with E-state index in [0.29, 0.717) is 12.1 Å². The van der Waals surface area contributed by atoms with E-state index >= 15 is 0 Å². The zero-order valence-corrected chi connectivity index (χ0v) is 9.98. The maximum atomic E-state index is 4.47. The van der Waals surface area contributed by atoms with Gasteiger partial charge in [-0.05, 0) is 30.4 Å².